The predicted molar refractivity (Wildman–Crippen MR) is 75.9 cm³/mol. The molecular formula is C15H20FNO2S. The van der Waals surface area contributed by atoms with Gasteiger partial charge in [0.15, 0.2) is 9.84 Å². The molecule has 1 heterocycles. The van der Waals surface area contributed by atoms with Gasteiger partial charge >= 0.3 is 0 Å². The zero-order chi connectivity index (χ0) is 14.2. The number of hydrogen-bond donors (Lipinski definition) is 1. The van der Waals surface area contributed by atoms with Crippen molar-refractivity contribution in [3.8, 4) is 0 Å². The number of piperidine rings is 1. The Balaban J connectivity index is 1.77. The van der Waals surface area contributed by atoms with Crippen LogP contribution in [-0.4, -0.2) is 26.8 Å². The van der Waals surface area contributed by atoms with Gasteiger partial charge in [0, 0.05) is 0 Å². The first kappa shape index (κ1) is 14.0. The molecule has 0 aromatic heterocycles. The molecule has 1 aromatic rings. The predicted octanol–water partition coefficient (Wildman–Crippen LogP) is 2.30. The molecule has 0 spiro atoms. The number of sulfone groups is 1. The Morgan fingerprint density at radius 3 is 2.65 bits per heavy atom. The van der Waals surface area contributed by atoms with Crippen molar-refractivity contribution in [1.29, 1.82) is 0 Å². The number of rotatable bonds is 4. The second-order valence-electron chi connectivity index (χ2n) is 5.93. The third-order valence-corrected chi connectivity index (χ3v) is 6.48. The average Bonchev–Trinajstić information content (AvgIpc) is 3.24. The molecule has 2 aliphatic rings. The second kappa shape index (κ2) is 5.45. The first-order valence-electron chi connectivity index (χ1n) is 7.30. The van der Waals surface area contributed by atoms with Crippen molar-refractivity contribution in [2.24, 2.45) is 5.92 Å². The van der Waals surface area contributed by atoms with Crippen molar-refractivity contribution in [3.63, 3.8) is 0 Å². The van der Waals surface area contributed by atoms with Crippen LogP contribution >= 0.6 is 0 Å². The lowest BCUT2D eigenvalue weighted by atomic mass is 9.92. The number of benzene rings is 1. The Morgan fingerprint density at radius 1 is 1.25 bits per heavy atom. The smallest absolute Gasteiger partial charge is 0.184 e. The van der Waals surface area contributed by atoms with E-state index in [9.17, 15) is 12.8 Å². The molecule has 1 unspecified atom stereocenters. The van der Waals surface area contributed by atoms with Gasteiger partial charge in [0.05, 0.1) is 5.25 Å². The number of hydrogen-bond acceptors (Lipinski definition) is 3. The normalized spacial score (nSPS) is 23.8. The van der Waals surface area contributed by atoms with E-state index in [0.717, 1.165) is 37.9 Å². The van der Waals surface area contributed by atoms with Gasteiger partial charge in [-0.25, -0.2) is 12.8 Å². The van der Waals surface area contributed by atoms with Crippen LogP contribution in [0.15, 0.2) is 23.1 Å². The zero-order valence-electron chi connectivity index (χ0n) is 11.4. The van der Waals surface area contributed by atoms with E-state index in [0.29, 0.717) is 18.8 Å². The van der Waals surface area contributed by atoms with Crippen LogP contribution in [0.25, 0.3) is 0 Å². The van der Waals surface area contributed by atoms with E-state index in [4.69, 9.17) is 0 Å². The summed E-state index contributed by atoms with van der Waals surface area (Å²) in [6, 6.07) is 4.63. The van der Waals surface area contributed by atoms with Gasteiger partial charge < -0.3 is 5.32 Å². The van der Waals surface area contributed by atoms with Gasteiger partial charge in [-0.1, -0.05) is 6.07 Å². The quantitative estimate of drug-likeness (QED) is 0.927. The Kier molecular flexibility index (Phi) is 3.82. The summed E-state index contributed by atoms with van der Waals surface area (Å²) >= 11 is 0. The van der Waals surface area contributed by atoms with E-state index in [2.05, 4.69) is 5.32 Å². The molecule has 1 saturated carbocycles. The van der Waals surface area contributed by atoms with E-state index in [1.165, 1.54) is 12.1 Å². The van der Waals surface area contributed by atoms with Crippen molar-refractivity contribution in [2.75, 3.05) is 13.1 Å². The fourth-order valence-electron chi connectivity index (χ4n) is 2.89. The van der Waals surface area contributed by atoms with Crippen molar-refractivity contribution >= 4 is 9.84 Å². The second-order valence-corrected chi connectivity index (χ2v) is 8.12. The lowest BCUT2D eigenvalue weighted by molar-refractivity contribution is 0.375. The molecule has 1 saturated heterocycles. The van der Waals surface area contributed by atoms with Crippen LogP contribution in [0.5, 0.6) is 0 Å². The molecule has 1 aliphatic heterocycles. The maximum atomic E-state index is 14.1. The van der Waals surface area contributed by atoms with Crippen molar-refractivity contribution in [2.45, 2.75) is 42.2 Å². The van der Waals surface area contributed by atoms with Gasteiger partial charge in [-0.15, -0.1) is 0 Å². The Bertz CT molecular complexity index is 590. The summed E-state index contributed by atoms with van der Waals surface area (Å²) in [6.45, 7) is 2.02. The van der Waals surface area contributed by atoms with Gasteiger partial charge in [0.2, 0.25) is 0 Å². The highest BCUT2D eigenvalue weighted by Gasteiger charge is 2.38. The van der Waals surface area contributed by atoms with Crippen LogP contribution in [0.3, 0.4) is 0 Å². The van der Waals surface area contributed by atoms with Gasteiger partial charge in [-0.2, -0.15) is 0 Å². The fraction of sp³-hybridized carbons (Fsp3) is 0.600. The summed E-state index contributed by atoms with van der Waals surface area (Å²) in [7, 11) is -3.43. The van der Waals surface area contributed by atoms with Crippen molar-refractivity contribution in [1.82, 2.24) is 5.32 Å². The molecule has 0 radical (unpaired) electrons. The summed E-state index contributed by atoms with van der Waals surface area (Å²) in [5.74, 6) is -0.0628. The SMILES string of the molecule is O=S(=O)(c1ccc(CC2CCCNC2)cc1F)C1CC1. The van der Waals surface area contributed by atoms with E-state index in [-0.39, 0.29) is 10.1 Å². The van der Waals surface area contributed by atoms with Gasteiger partial charge in [-0.3, -0.25) is 0 Å². The minimum Gasteiger partial charge on any atom is -0.316 e. The summed E-state index contributed by atoms with van der Waals surface area (Å²) in [5, 5.41) is 2.98. The summed E-state index contributed by atoms with van der Waals surface area (Å²) < 4.78 is 38.2. The lowest BCUT2D eigenvalue weighted by Gasteiger charge is -2.22. The highest BCUT2D eigenvalue weighted by atomic mass is 32.2. The zero-order valence-corrected chi connectivity index (χ0v) is 12.3. The monoisotopic (exact) mass is 297 g/mol. The molecule has 2 fully saturated rings. The van der Waals surface area contributed by atoms with Crippen LogP contribution in [-0.2, 0) is 16.3 Å². The van der Waals surface area contributed by atoms with Gasteiger partial charge in [0.25, 0.3) is 0 Å². The minimum absolute atomic E-state index is 0.120. The molecule has 1 atom stereocenters. The maximum absolute atomic E-state index is 14.1. The molecule has 20 heavy (non-hydrogen) atoms. The third kappa shape index (κ3) is 2.88. The van der Waals surface area contributed by atoms with Crippen LogP contribution in [0, 0.1) is 11.7 Å². The molecule has 1 aromatic carbocycles. The Hall–Kier alpha value is -0.940. The average molecular weight is 297 g/mol. The third-order valence-electron chi connectivity index (χ3n) is 4.19. The molecular weight excluding hydrogens is 277 g/mol. The molecule has 1 aliphatic carbocycles. The number of nitrogens with one attached hydrogen (secondary N) is 1. The highest BCUT2D eigenvalue weighted by molar-refractivity contribution is 7.92. The first-order chi connectivity index (χ1) is 9.57. The molecule has 5 heteroatoms. The molecule has 3 rings (SSSR count). The lowest BCUT2D eigenvalue weighted by Crippen LogP contribution is -2.30. The van der Waals surface area contributed by atoms with Gasteiger partial charge in [0.1, 0.15) is 10.7 Å². The van der Waals surface area contributed by atoms with E-state index < -0.39 is 15.7 Å². The molecule has 0 amide bonds. The first-order valence-corrected chi connectivity index (χ1v) is 8.85. The summed E-state index contributed by atoms with van der Waals surface area (Å²) in [6.07, 6.45) is 4.44. The van der Waals surface area contributed by atoms with Crippen LogP contribution in [0.1, 0.15) is 31.2 Å². The minimum atomic E-state index is -3.43. The largest absolute Gasteiger partial charge is 0.316 e. The fourth-order valence-corrected chi connectivity index (χ4v) is 4.60. The van der Waals surface area contributed by atoms with E-state index >= 15 is 0 Å². The van der Waals surface area contributed by atoms with Crippen LogP contribution in [0.4, 0.5) is 4.39 Å². The Morgan fingerprint density at radius 2 is 2.05 bits per heavy atom. The highest BCUT2D eigenvalue weighted by Crippen LogP contribution is 2.34. The van der Waals surface area contributed by atoms with Crippen molar-refractivity contribution < 1.29 is 12.8 Å². The summed E-state index contributed by atoms with van der Waals surface area (Å²) in [5.41, 5.74) is 0.894. The number of halogens is 1. The molecule has 0 bridgehead atoms. The van der Waals surface area contributed by atoms with Crippen LogP contribution < -0.4 is 5.32 Å². The Labute approximate surface area is 119 Å². The van der Waals surface area contributed by atoms with E-state index in [1.54, 1.807) is 6.07 Å². The standard InChI is InChI=1S/C15H20FNO2S/c16-14-9-11(8-12-2-1-7-17-10-12)3-6-15(14)20(18,19)13-4-5-13/h3,6,9,12-13,17H,1-2,4-5,7-8,10H2. The molecule has 3 nitrogen and oxygen atoms in total. The summed E-state index contributed by atoms with van der Waals surface area (Å²) in [4.78, 5) is -0.120. The topological polar surface area (TPSA) is 46.2 Å². The van der Waals surface area contributed by atoms with Crippen molar-refractivity contribution in [3.05, 3.63) is 29.6 Å². The van der Waals surface area contributed by atoms with E-state index in [1.807, 2.05) is 0 Å². The molecule has 1 N–H and O–H groups in total. The van der Waals surface area contributed by atoms with Crippen LogP contribution in [0.2, 0.25) is 0 Å². The van der Waals surface area contributed by atoms with Gasteiger partial charge in [-0.05, 0) is 68.8 Å². The maximum Gasteiger partial charge on any atom is 0.184 e. The molecule has 110 valence electrons.